The van der Waals surface area contributed by atoms with Crippen LogP contribution >= 0.6 is 0 Å². The van der Waals surface area contributed by atoms with Crippen molar-refractivity contribution >= 4 is 71.2 Å². The fourth-order valence-corrected chi connectivity index (χ4v) is 9.45. The van der Waals surface area contributed by atoms with Crippen molar-refractivity contribution in [3.63, 3.8) is 0 Å². The summed E-state index contributed by atoms with van der Waals surface area (Å²) in [7, 11) is -0.739. The molecular formula is C47H54N10O7S. The Morgan fingerprint density at radius 3 is 1.77 bits per heavy atom. The van der Waals surface area contributed by atoms with E-state index in [4.69, 9.17) is 40.9 Å². The predicted octanol–water partition coefficient (Wildman–Crippen LogP) is 5.23. The molecule has 0 aliphatic rings. The van der Waals surface area contributed by atoms with Gasteiger partial charge < -0.3 is 45.4 Å². The van der Waals surface area contributed by atoms with Gasteiger partial charge in [-0.15, -0.1) is 0 Å². The molecule has 5 aromatic heterocycles. The van der Waals surface area contributed by atoms with E-state index in [0.717, 1.165) is 39.2 Å². The Hall–Kier alpha value is -6.28. The summed E-state index contributed by atoms with van der Waals surface area (Å²) in [6, 6.07) is 20.4. The number of nitrogen functional groups attached to an aromatic ring is 2. The Kier molecular flexibility index (Phi) is 12.3. The summed E-state index contributed by atoms with van der Waals surface area (Å²) in [4.78, 5) is 23.4. The van der Waals surface area contributed by atoms with Crippen LogP contribution < -0.4 is 15.8 Å². The molecule has 0 saturated carbocycles. The number of methoxy groups -OCH3 is 2. The van der Waals surface area contributed by atoms with Gasteiger partial charge in [0.05, 0.1) is 84.7 Å². The summed E-state index contributed by atoms with van der Waals surface area (Å²) in [5, 5.41) is 34.4. The number of nitrogens with zero attached hydrogens (tertiary/aromatic N) is 8. The van der Waals surface area contributed by atoms with Crippen LogP contribution in [0.1, 0.15) is 38.0 Å². The summed E-state index contributed by atoms with van der Waals surface area (Å²) < 4.78 is 43.2. The van der Waals surface area contributed by atoms with Gasteiger partial charge in [-0.25, -0.2) is 28.4 Å². The first-order valence-electron chi connectivity index (χ1n) is 21.1. The second-order valence-corrected chi connectivity index (χ2v) is 19.3. The first-order chi connectivity index (χ1) is 30.9. The zero-order chi connectivity index (χ0) is 46.4. The monoisotopic (exact) mass is 902 g/mol. The lowest BCUT2D eigenvalue weighted by molar-refractivity contribution is 0.0518. The van der Waals surface area contributed by atoms with Gasteiger partial charge in [0.25, 0.3) is 0 Å². The van der Waals surface area contributed by atoms with Crippen molar-refractivity contribution in [3.05, 3.63) is 96.3 Å². The van der Waals surface area contributed by atoms with E-state index in [1.54, 1.807) is 65.6 Å². The first-order valence-corrected chi connectivity index (χ1v) is 23.0. The van der Waals surface area contributed by atoms with E-state index in [9.17, 15) is 23.7 Å². The highest BCUT2D eigenvalue weighted by Gasteiger charge is 2.32. The van der Waals surface area contributed by atoms with Gasteiger partial charge in [0.15, 0.2) is 11.6 Å². The molecule has 8 aromatic rings. The van der Waals surface area contributed by atoms with Gasteiger partial charge in [0.2, 0.25) is 10.0 Å². The minimum absolute atomic E-state index is 0.0551. The molecule has 0 aliphatic heterocycles. The number of anilines is 3. The van der Waals surface area contributed by atoms with Crippen molar-refractivity contribution in [3.8, 4) is 22.3 Å². The number of imidazole rings is 2. The highest BCUT2D eigenvalue weighted by molar-refractivity contribution is 7.92. The third-order valence-corrected chi connectivity index (χ3v) is 12.5. The molecule has 0 saturated heterocycles. The highest BCUT2D eigenvalue weighted by atomic mass is 32.2. The van der Waals surface area contributed by atoms with Crippen molar-refractivity contribution < 1.29 is 33.2 Å². The number of ether oxygens (including phenoxy) is 2. The number of pyridine rings is 3. The second kappa shape index (κ2) is 17.6. The smallest absolute Gasteiger partial charge is 0.232 e. The van der Waals surface area contributed by atoms with E-state index in [-0.39, 0.29) is 37.9 Å². The zero-order valence-corrected chi connectivity index (χ0v) is 38.1. The molecule has 0 bridgehead atoms. The molecule has 0 amide bonds. The molecule has 340 valence electrons. The molecule has 0 fully saturated rings. The molecule has 1 unspecified atom stereocenters. The zero-order valence-electron chi connectivity index (χ0n) is 37.3. The van der Waals surface area contributed by atoms with Crippen LogP contribution in [0.5, 0.6) is 0 Å². The SMILES string of the molecule is COCCc1nc2c(N)nc3cc(-c4cccc(N(CC(C)(O)Cn5c(CCOC)nc6c(N)nc7cc(-c8cncc(CO)c8)ccc7c65)S(C)(=O)=O)c4)ccc3c2n1CC(C)(C)O. The molecule has 8 rings (SSSR count). The van der Waals surface area contributed by atoms with Crippen molar-refractivity contribution in [2.24, 2.45) is 0 Å². The number of fused-ring (bicyclic) bond motifs is 6. The van der Waals surface area contributed by atoms with Crippen molar-refractivity contribution in [2.45, 2.75) is 64.5 Å². The Labute approximate surface area is 376 Å². The summed E-state index contributed by atoms with van der Waals surface area (Å²) in [5.74, 6) is 1.74. The lowest BCUT2D eigenvalue weighted by atomic mass is 10.0. The van der Waals surface area contributed by atoms with Gasteiger partial charge in [-0.2, -0.15) is 0 Å². The number of aliphatic hydroxyl groups is 3. The Morgan fingerprint density at radius 2 is 1.25 bits per heavy atom. The van der Waals surface area contributed by atoms with E-state index in [1.807, 2.05) is 57.7 Å². The van der Waals surface area contributed by atoms with E-state index < -0.39 is 21.2 Å². The van der Waals surface area contributed by atoms with E-state index >= 15 is 0 Å². The van der Waals surface area contributed by atoms with Crippen molar-refractivity contribution in [1.29, 1.82) is 0 Å². The summed E-state index contributed by atoms with van der Waals surface area (Å²) >= 11 is 0. The molecule has 0 radical (unpaired) electrons. The third kappa shape index (κ3) is 9.31. The Morgan fingerprint density at radius 1 is 0.708 bits per heavy atom. The quantitative estimate of drug-likeness (QED) is 0.0786. The summed E-state index contributed by atoms with van der Waals surface area (Å²) in [5.41, 5.74) is 18.0. The van der Waals surface area contributed by atoms with Gasteiger partial charge in [-0.3, -0.25) is 9.29 Å². The maximum atomic E-state index is 13.7. The van der Waals surface area contributed by atoms with E-state index in [1.165, 1.54) is 4.31 Å². The minimum Gasteiger partial charge on any atom is -0.392 e. The molecule has 18 heteroatoms. The number of aromatic nitrogens is 7. The molecule has 7 N–H and O–H groups in total. The maximum absolute atomic E-state index is 13.7. The van der Waals surface area contributed by atoms with Crippen LogP contribution in [-0.2, 0) is 52.0 Å². The summed E-state index contributed by atoms with van der Waals surface area (Å²) in [6.45, 7) is 5.59. The predicted molar refractivity (Wildman–Crippen MR) is 254 cm³/mol. The number of sulfonamides is 1. The molecule has 5 heterocycles. The first kappa shape index (κ1) is 45.3. The van der Waals surface area contributed by atoms with Crippen LogP contribution in [0.4, 0.5) is 17.3 Å². The number of nitrogens with two attached hydrogens (primary N) is 2. The van der Waals surface area contributed by atoms with Crippen LogP contribution in [-0.4, -0.2) is 109 Å². The van der Waals surface area contributed by atoms with Crippen LogP contribution in [0, 0.1) is 0 Å². The van der Waals surface area contributed by atoms with Crippen LogP contribution in [0.2, 0.25) is 0 Å². The highest BCUT2D eigenvalue weighted by Crippen LogP contribution is 2.36. The molecular weight excluding hydrogens is 849 g/mol. The number of rotatable bonds is 17. The average Bonchev–Trinajstić information content (AvgIpc) is 3.80. The molecule has 17 nitrogen and oxygen atoms in total. The number of aliphatic hydroxyl groups excluding tert-OH is 1. The van der Waals surface area contributed by atoms with Gasteiger partial charge >= 0.3 is 0 Å². The minimum atomic E-state index is -3.95. The molecule has 65 heavy (non-hydrogen) atoms. The molecule has 1 atom stereocenters. The maximum Gasteiger partial charge on any atom is 0.232 e. The molecule has 0 aliphatic carbocycles. The van der Waals surface area contributed by atoms with Crippen molar-refractivity contribution in [2.75, 3.05) is 56.0 Å². The fraction of sp³-hybridized carbons (Fsp3) is 0.340. The van der Waals surface area contributed by atoms with E-state index in [0.29, 0.717) is 82.1 Å². The van der Waals surface area contributed by atoms with Gasteiger partial charge in [-0.1, -0.05) is 36.4 Å². The van der Waals surface area contributed by atoms with Gasteiger partial charge in [-0.05, 0) is 73.4 Å². The summed E-state index contributed by atoms with van der Waals surface area (Å²) in [6.07, 6.45) is 5.32. The lowest BCUT2D eigenvalue weighted by Gasteiger charge is -2.32. The lowest BCUT2D eigenvalue weighted by Crippen LogP contribution is -2.46. The topological polar surface area (TPSA) is 243 Å². The standard InChI is InChI=1S/C47H54N10O7S/c1-46(2,59)25-55-38(14-16-63-4)53-40-42(55)34-12-10-30(20-36(34)51-44(40)48)29-8-7-9-33(19-29)57(65(6,61)62)27-47(3,60)26-56-39(15-17-64-5)54-41-43(56)35-13-11-31(21-37(35)52-45(41)49)32-18-28(24-58)22-50-23-32/h7-13,18-23,58-60H,14-17,24-27H2,1-6H3,(H2,48,51)(H2,49,52). The number of benzene rings is 3. The Balaban J connectivity index is 1.16. The number of hydrogen-bond donors (Lipinski definition) is 5. The normalized spacial score (nSPS) is 13.4. The Bertz CT molecular complexity index is 3200. The van der Waals surface area contributed by atoms with Crippen LogP contribution in [0.15, 0.2) is 79.1 Å². The van der Waals surface area contributed by atoms with Crippen LogP contribution in [0.3, 0.4) is 0 Å². The van der Waals surface area contributed by atoms with E-state index in [2.05, 4.69) is 4.98 Å². The van der Waals surface area contributed by atoms with Crippen molar-refractivity contribution in [1.82, 2.24) is 34.1 Å². The number of hydrogen-bond acceptors (Lipinski definition) is 14. The second-order valence-electron chi connectivity index (χ2n) is 17.4. The molecule has 3 aromatic carbocycles. The third-order valence-electron chi connectivity index (χ3n) is 11.3. The molecule has 0 spiro atoms. The van der Waals surface area contributed by atoms with Crippen LogP contribution in [0.25, 0.3) is 66.1 Å². The fourth-order valence-electron chi connectivity index (χ4n) is 8.44. The largest absolute Gasteiger partial charge is 0.392 e. The van der Waals surface area contributed by atoms with Gasteiger partial charge in [0.1, 0.15) is 22.7 Å². The van der Waals surface area contributed by atoms with Gasteiger partial charge in [0, 0.05) is 55.8 Å². The average molecular weight is 903 g/mol.